The van der Waals surface area contributed by atoms with E-state index in [4.69, 9.17) is 23.2 Å². The molecule has 0 saturated carbocycles. The summed E-state index contributed by atoms with van der Waals surface area (Å²) in [6.07, 6.45) is 0. The summed E-state index contributed by atoms with van der Waals surface area (Å²) >= 11 is 12.2. The third-order valence-electron chi connectivity index (χ3n) is 3.53. The Morgan fingerprint density at radius 1 is 1.05 bits per heavy atom. The lowest BCUT2D eigenvalue weighted by Crippen LogP contribution is -2.09. The molecule has 0 aliphatic rings. The lowest BCUT2D eigenvalue weighted by Gasteiger charge is -2.01. The van der Waals surface area contributed by atoms with Crippen molar-refractivity contribution in [3.63, 3.8) is 0 Å². The van der Waals surface area contributed by atoms with Crippen LogP contribution in [-0.2, 0) is 0 Å². The molecule has 0 amide bonds. The molecule has 2 aromatic heterocycles. The molecule has 2 aromatic carbocycles. The van der Waals surface area contributed by atoms with Crippen LogP contribution in [0.2, 0.25) is 10.0 Å². The Labute approximate surface area is 134 Å². The number of fused-ring (bicyclic) bond motifs is 3. The standard InChI is InChI=1S/C16H9Cl2N3O/c17-9-5-6-10(12(18)7-9)13-8-15-19-16(22)11-3-1-2-4-14(11)21(15)20-13/h1-8H,(H,19,22). The van der Waals surface area contributed by atoms with Gasteiger partial charge in [0.2, 0.25) is 0 Å². The Balaban J connectivity index is 2.05. The van der Waals surface area contributed by atoms with Gasteiger partial charge in [-0.2, -0.15) is 5.10 Å². The van der Waals surface area contributed by atoms with E-state index >= 15 is 0 Å². The van der Waals surface area contributed by atoms with E-state index in [0.29, 0.717) is 26.8 Å². The number of H-pyrrole nitrogens is 1. The van der Waals surface area contributed by atoms with E-state index in [1.807, 2.05) is 24.3 Å². The van der Waals surface area contributed by atoms with E-state index in [1.54, 1.807) is 28.8 Å². The van der Waals surface area contributed by atoms with Crippen LogP contribution in [0.4, 0.5) is 0 Å². The fourth-order valence-corrected chi connectivity index (χ4v) is 3.02. The number of halogens is 2. The molecular weight excluding hydrogens is 321 g/mol. The first kappa shape index (κ1) is 13.4. The van der Waals surface area contributed by atoms with Crippen LogP contribution < -0.4 is 5.56 Å². The van der Waals surface area contributed by atoms with Crippen LogP contribution >= 0.6 is 23.2 Å². The molecule has 0 unspecified atom stereocenters. The zero-order valence-corrected chi connectivity index (χ0v) is 12.7. The Morgan fingerprint density at radius 3 is 2.68 bits per heavy atom. The van der Waals surface area contributed by atoms with Gasteiger partial charge in [0.05, 0.1) is 21.6 Å². The van der Waals surface area contributed by atoms with Crippen LogP contribution in [0.25, 0.3) is 27.8 Å². The van der Waals surface area contributed by atoms with Gasteiger partial charge in [-0.05, 0) is 30.3 Å². The van der Waals surface area contributed by atoms with E-state index in [0.717, 1.165) is 11.1 Å². The van der Waals surface area contributed by atoms with Crippen LogP contribution in [0.3, 0.4) is 0 Å². The van der Waals surface area contributed by atoms with Gasteiger partial charge in [0.25, 0.3) is 5.56 Å². The number of aromatic amines is 1. The van der Waals surface area contributed by atoms with Crippen molar-refractivity contribution >= 4 is 39.8 Å². The van der Waals surface area contributed by atoms with Crippen LogP contribution in [0.5, 0.6) is 0 Å². The minimum atomic E-state index is -0.142. The summed E-state index contributed by atoms with van der Waals surface area (Å²) in [6, 6.07) is 14.4. The average Bonchev–Trinajstić information content (AvgIpc) is 2.91. The maximum Gasteiger partial charge on any atom is 0.259 e. The second-order valence-electron chi connectivity index (χ2n) is 4.92. The number of nitrogens with zero attached hydrogens (tertiary/aromatic N) is 2. The molecule has 0 atom stereocenters. The Bertz CT molecular complexity index is 1080. The molecule has 4 rings (SSSR count). The Morgan fingerprint density at radius 2 is 1.86 bits per heavy atom. The number of benzene rings is 2. The largest absolute Gasteiger partial charge is 0.306 e. The molecule has 22 heavy (non-hydrogen) atoms. The van der Waals surface area contributed by atoms with E-state index in [9.17, 15) is 4.79 Å². The van der Waals surface area contributed by atoms with Crippen LogP contribution in [0.15, 0.2) is 53.3 Å². The molecule has 108 valence electrons. The molecule has 0 fully saturated rings. The normalized spacial score (nSPS) is 11.4. The average molecular weight is 330 g/mol. The second-order valence-corrected chi connectivity index (χ2v) is 5.77. The van der Waals surface area contributed by atoms with Crippen molar-refractivity contribution in [2.24, 2.45) is 0 Å². The SMILES string of the molecule is O=c1[nH]c2cc(-c3ccc(Cl)cc3Cl)nn2c2ccccc12. The van der Waals surface area contributed by atoms with Crippen molar-refractivity contribution in [3.8, 4) is 11.3 Å². The van der Waals surface area contributed by atoms with Crippen LogP contribution in [-0.4, -0.2) is 14.6 Å². The topological polar surface area (TPSA) is 50.2 Å². The van der Waals surface area contributed by atoms with Crippen molar-refractivity contribution in [1.29, 1.82) is 0 Å². The molecule has 0 aliphatic carbocycles. The molecular formula is C16H9Cl2N3O. The van der Waals surface area contributed by atoms with Crippen molar-refractivity contribution in [1.82, 2.24) is 14.6 Å². The van der Waals surface area contributed by atoms with Gasteiger partial charge in [-0.1, -0.05) is 35.3 Å². The number of para-hydroxylation sites is 1. The van der Waals surface area contributed by atoms with Gasteiger partial charge in [0, 0.05) is 16.7 Å². The van der Waals surface area contributed by atoms with Gasteiger partial charge in [0.1, 0.15) is 5.65 Å². The molecule has 1 N–H and O–H groups in total. The lowest BCUT2D eigenvalue weighted by atomic mass is 10.1. The first-order valence-corrected chi connectivity index (χ1v) is 7.35. The highest BCUT2D eigenvalue weighted by atomic mass is 35.5. The minimum absolute atomic E-state index is 0.142. The predicted molar refractivity (Wildman–Crippen MR) is 88.8 cm³/mol. The lowest BCUT2D eigenvalue weighted by molar-refractivity contribution is 0.981. The van der Waals surface area contributed by atoms with Gasteiger partial charge < -0.3 is 4.98 Å². The smallest absolute Gasteiger partial charge is 0.259 e. The van der Waals surface area contributed by atoms with Crippen LogP contribution in [0.1, 0.15) is 0 Å². The third kappa shape index (κ3) is 2.00. The van der Waals surface area contributed by atoms with Gasteiger partial charge in [-0.3, -0.25) is 4.79 Å². The summed E-state index contributed by atoms with van der Waals surface area (Å²) < 4.78 is 1.71. The van der Waals surface area contributed by atoms with Crippen molar-refractivity contribution < 1.29 is 0 Å². The van der Waals surface area contributed by atoms with Gasteiger partial charge in [-0.25, -0.2) is 4.52 Å². The maximum absolute atomic E-state index is 12.1. The quantitative estimate of drug-likeness (QED) is 0.570. The molecule has 4 nitrogen and oxygen atoms in total. The zero-order valence-electron chi connectivity index (χ0n) is 11.2. The number of hydrogen-bond donors (Lipinski definition) is 1. The van der Waals surface area contributed by atoms with Gasteiger partial charge in [-0.15, -0.1) is 0 Å². The monoisotopic (exact) mass is 329 g/mol. The van der Waals surface area contributed by atoms with E-state index in [1.165, 1.54) is 0 Å². The number of nitrogens with one attached hydrogen (secondary N) is 1. The van der Waals surface area contributed by atoms with Gasteiger partial charge in [0.15, 0.2) is 0 Å². The fraction of sp³-hybridized carbons (Fsp3) is 0. The summed E-state index contributed by atoms with van der Waals surface area (Å²) in [4.78, 5) is 14.9. The molecule has 0 bridgehead atoms. The third-order valence-corrected chi connectivity index (χ3v) is 4.08. The summed E-state index contributed by atoms with van der Waals surface area (Å²) in [7, 11) is 0. The summed E-state index contributed by atoms with van der Waals surface area (Å²) in [5, 5.41) is 6.23. The zero-order chi connectivity index (χ0) is 15.3. The summed E-state index contributed by atoms with van der Waals surface area (Å²) in [6.45, 7) is 0. The summed E-state index contributed by atoms with van der Waals surface area (Å²) in [5.74, 6) is 0. The number of rotatable bonds is 1. The van der Waals surface area contributed by atoms with E-state index < -0.39 is 0 Å². The fourth-order valence-electron chi connectivity index (χ4n) is 2.52. The Kier molecular flexibility index (Phi) is 2.96. The minimum Gasteiger partial charge on any atom is -0.306 e. The molecule has 4 aromatic rings. The van der Waals surface area contributed by atoms with Crippen molar-refractivity contribution in [3.05, 3.63) is 68.9 Å². The molecule has 0 aliphatic heterocycles. The highest BCUT2D eigenvalue weighted by Crippen LogP contribution is 2.30. The highest BCUT2D eigenvalue weighted by molar-refractivity contribution is 6.36. The molecule has 0 radical (unpaired) electrons. The predicted octanol–water partition coefficient (Wildman–Crippen LogP) is 4.15. The molecule has 0 spiro atoms. The molecule has 6 heteroatoms. The highest BCUT2D eigenvalue weighted by Gasteiger charge is 2.12. The van der Waals surface area contributed by atoms with Crippen molar-refractivity contribution in [2.75, 3.05) is 0 Å². The molecule has 2 heterocycles. The molecule has 0 saturated heterocycles. The maximum atomic E-state index is 12.1. The van der Waals surface area contributed by atoms with E-state index in [2.05, 4.69) is 10.1 Å². The first-order chi connectivity index (χ1) is 10.6. The first-order valence-electron chi connectivity index (χ1n) is 6.60. The Hall–Kier alpha value is -2.30. The second kappa shape index (κ2) is 4.87. The van der Waals surface area contributed by atoms with Gasteiger partial charge >= 0.3 is 0 Å². The summed E-state index contributed by atoms with van der Waals surface area (Å²) in [5.41, 5.74) is 2.66. The van der Waals surface area contributed by atoms with Crippen LogP contribution in [0, 0.1) is 0 Å². The number of aromatic nitrogens is 3. The number of hydrogen-bond acceptors (Lipinski definition) is 2. The van der Waals surface area contributed by atoms with E-state index in [-0.39, 0.29) is 5.56 Å². The van der Waals surface area contributed by atoms with Crippen molar-refractivity contribution in [2.45, 2.75) is 0 Å².